The van der Waals surface area contributed by atoms with Gasteiger partial charge in [-0.15, -0.1) is 0 Å². The fourth-order valence-electron chi connectivity index (χ4n) is 26.6. The standard InChI is InChI=1S/2C21H24F2O9.C19H22F2O8.2C18H15S.C14H21OS/c2*1-8(24)27-14-12-13(28-16(14)25)15-17(29-12)31-21(30-15)10-3-9-4-11(21)7-20(5-9,6-10)32-18(26)19(2,22)23;1-17(20,21)16(24)29-18-4-7-2-8(5-18)19(9(3-7)6-18)27-13-12-11(26-15(13)28-19)10(22)14(23)25-12;2*1-4-10-16(11-5-1)19(17-12-6-2-7-13-17)18-14-8-3-9-15-18;1-14(2,3)12-4-6-13(7-5-12)16-10-8-15-9-11-16/h2*9-15,17H,3-7H2,1-2H3;7-13,15,22H,2-6H2,1H3;2*1-15H;4-7H,8-11H2,1-3H3/q;;;3*+1. The van der Waals surface area contributed by atoms with Gasteiger partial charge in [-0.3, -0.25) is 9.59 Å². The Morgan fingerprint density at radius 2 is 0.612 bits per heavy atom. The van der Waals surface area contributed by atoms with Crippen LogP contribution in [0.1, 0.15) is 157 Å². The Bertz CT molecular complexity index is 5490. The normalized spacial score (nSPS) is 37.4. The quantitative estimate of drug-likeness (QED) is 0.0431. The number of carbonyl (C=O) groups is 8. The van der Waals surface area contributed by atoms with Crippen LogP contribution < -0.4 is 0 Å². The van der Waals surface area contributed by atoms with Crippen molar-refractivity contribution in [1.29, 1.82) is 0 Å². The largest absolute Gasteiger partial charge is 0.455 e. The average molecular weight is 2100 g/mol. The van der Waals surface area contributed by atoms with Crippen molar-refractivity contribution in [2.24, 2.45) is 53.3 Å². The smallest absolute Gasteiger partial charge is 0.377 e. The maximum Gasteiger partial charge on any atom is 0.377 e. The lowest BCUT2D eigenvalue weighted by Gasteiger charge is -2.62. The van der Waals surface area contributed by atoms with Crippen molar-refractivity contribution in [3.63, 3.8) is 0 Å². The van der Waals surface area contributed by atoms with Crippen LogP contribution in [0.25, 0.3) is 0 Å². The molecular weight excluding hydrogens is 1980 g/mol. The van der Waals surface area contributed by atoms with Crippen LogP contribution in [0, 0.1) is 53.3 Å². The van der Waals surface area contributed by atoms with Crippen LogP contribution in [-0.4, -0.2) is 222 Å². The number of halogens is 6. The van der Waals surface area contributed by atoms with Gasteiger partial charge in [-0.2, -0.15) is 26.3 Å². The molecule has 21 unspecified atom stereocenters. The van der Waals surface area contributed by atoms with E-state index in [1.165, 1.54) is 65.2 Å². The molecule has 12 saturated carbocycles. The second-order valence-electron chi connectivity index (χ2n) is 43.6. The summed E-state index contributed by atoms with van der Waals surface area (Å²) in [5, 5.41) is 9.89. The van der Waals surface area contributed by atoms with Crippen LogP contribution >= 0.6 is 0 Å². The van der Waals surface area contributed by atoms with E-state index in [0.717, 1.165) is 51.7 Å². The Labute approximate surface area is 855 Å². The summed E-state index contributed by atoms with van der Waals surface area (Å²) in [5.41, 5.74) is -1.11. The van der Waals surface area contributed by atoms with Crippen molar-refractivity contribution in [2.75, 3.05) is 24.7 Å². The van der Waals surface area contributed by atoms with Gasteiger partial charge in [0.1, 0.15) is 46.6 Å². The first-order valence-corrected chi connectivity index (χ1v) is 54.7. The van der Waals surface area contributed by atoms with Crippen molar-refractivity contribution in [3.05, 3.63) is 212 Å². The minimum Gasteiger partial charge on any atom is -0.455 e. The molecule has 1 N–H and O–H groups in total. The number of rotatable bonds is 15. The summed E-state index contributed by atoms with van der Waals surface area (Å²) in [4.78, 5) is 104. The van der Waals surface area contributed by atoms with Gasteiger partial charge in [-0.1, -0.05) is 142 Å². The molecule has 29 rings (SSSR count). The number of carbonyl (C=O) groups excluding carboxylic acids is 8. The van der Waals surface area contributed by atoms with Gasteiger partial charge in [-0.25, -0.2) is 28.8 Å². The number of aliphatic hydroxyl groups excluding tert-OH is 1. The SMILES string of the molecule is CC(=O)OC1C(=O)OC2C3OC4(OC3OC12)C1CC2CC4CC(OC(=O)C(C)(F)F)(C2)C1.CC(=O)OC1C(=O)OC2C3OC4(OC3OC12)C1CC2CC4CC(OC(=O)C(C)(F)F)(C2)C1.CC(C)(C)c1ccc([S+]2CCOCC2)cc1.CC(F)(F)C(=O)OC12CC3CC(C1)C1(OC4OC5C(O)C(=O)OC5C4O1)C(C3)C2.c1ccc([S+](c2ccccc2)c2ccccc2)cc1.c1ccc([S+](c2ccccc2)c2ccccc2)cc1. The summed E-state index contributed by atoms with van der Waals surface area (Å²) in [7, 11) is 0.403. The first-order valence-electron chi connectivity index (χ1n) is 50.7. The molecule has 27 nitrogen and oxygen atoms in total. The molecule has 22 fully saturated rings. The molecule has 36 heteroatoms. The first kappa shape index (κ1) is 103. The van der Waals surface area contributed by atoms with Crippen LogP contribution in [0.4, 0.5) is 26.3 Å². The van der Waals surface area contributed by atoms with E-state index in [2.05, 4.69) is 227 Å². The number of hydrogen-bond acceptors (Lipinski definition) is 27. The zero-order chi connectivity index (χ0) is 103. The molecule has 10 heterocycles. The third kappa shape index (κ3) is 20.1. The molecule has 0 amide bonds. The van der Waals surface area contributed by atoms with E-state index < -0.39 is 192 Å². The molecule has 12 aliphatic carbocycles. The molecule has 0 aromatic heterocycles. The van der Waals surface area contributed by atoms with Crippen molar-refractivity contribution < 1.29 is 155 Å². The van der Waals surface area contributed by atoms with E-state index in [1.54, 1.807) is 0 Å². The lowest BCUT2D eigenvalue weighted by Crippen LogP contribution is -2.66. The number of hydrogen-bond donors (Lipinski definition) is 1. The first-order chi connectivity index (χ1) is 70.1. The zero-order valence-corrected chi connectivity index (χ0v) is 84.9. The third-order valence-corrected chi connectivity index (χ3v) is 38.9. The van der Waals surface area contributed by atoms with E-state index >= 15 is 0 Å². The monoisotopic (exact) mass is 2100 g/mol. The van der Waals surface area contributed by atoms with Crippen LogP contribution in [0.5, 0.6) is 0 Å². The maximum atomic E-state index is 13.5. The van der Waals surface area contributed by atoms with Crippen LogP contribution in [0.3, 0.4) is 0 Å². The van der Waals surface area contributed by atoms with Crippen molar-refractivity contribution in [1.82, 2.24) is 0 Å². The van der Waals surface area contributed by atoms with E-state index in [9.17, 15) is 69.8 Å². The highest BCUT2D eigenvalue weighted by molar-refractivity contribution is 7.97. The predicted molar refractivity (Wildman–Crippen MR) is 512 cm³/mol. The molecule has 12 bridgehead atoms. The molecule has 784 valence electrons. The van der Waals surface area contributed by atoms with E-state index in [4.69, 9.17) is 85.3 Å². The van der Waals surface area contributed by atoms with Gasteiger partial charge in [0.25, 0.3) is 0 Å². The number of ether oxygens (including phenoxy) is 18. The summed E-state index contributed by atoms with van der Waals surface area (Å²) in [6.45, 7) is 12.7. The van der Waals surface area contributed by atoms with Gasteiger partial charge in [0.15, 0.2) is 113 Å². The minimum absolute atomic E-state index is 0.0146. The molecule has 10 aliphatic heterocycles. The van der Waals surface area contributed by atoms with Gasteiger partial charge >= 0.3 is 65.5 Å². The number of esters is 8. The molecule has 0 radical (unpaired) electrons. The van der Waals surface area contributed by atoms with Gasteiger partial charge in [0.2, 0.25) is 12.2 Å². The van der Waals surface area contributed by atoms with E-state index in [-0.39, 0.29) is 80.5 Å². The molecule has 10 saturated heterocycles. The summed E-state index contributed by atoms with van der Waals surface area (Å²) < 4.78 is 184. The van der Waals surface area contributed by atoms with Gasteiger partial charge < -0.3 is 90.4 Å². The topological polar surface area (TPSA) is 323 Å². The summed E-state index contributed by atoms with van der Waals surface area (Å²) in [5.74, 6) is -19.3. The Morgan fingerprint density at radius 3 is 0.878 bits per heavy atom. The molecular formula is C111H121F6O27S3+3. The number of fused-ring (bicyclic) bond motifs is 9. The molecule has 7 aromatic carbocycles. The van der Waals surface area contributed by atoms with Gasteiger partial charge in [0, 0.05) is 81.0 Å². The van der Waals surface area contributed by atoms with Crippen molar-refractivity contribution in [2.45, 2.75) is 335 Å². The van der Waals surface area contributed by atoms with Crippen molar-refractivity contribution in [3.8, 4) is 0 Å². The van der Waals surface area contributed by atoms with Crippen LogP contribution in [0.15, 0.2) is 241 Å². The second kappa shape index (κ2) is 39.9. The second-order valence-corrected chi connectivity index (χ2v) is 49.9. The lowest BCUT2D eigenvalue weighted by molar-refractivity contribution is -0.343. The van der Waals surface area contributed by atoms with E-state index in [1.807, 2.05) is 0 Å². The van der Waals surface area contributed by atoms with Crippen LogP contribution in [-0.2, 0) is 162 Å². The van der Waals surface area contributed by atoms with Gasteiger partial charge in [0.05, 0.1) is 35.0 Å². The lowest BCUT2D eigenvalue weighted by atomic mass is 9.51. The molecule has 3 spiro atoms. The van der Waals surface area contributed by atoms with Crippen molar-refractivity contribution >= 4 is 80.4 Å². The fraction of sp³-hybridized carbons (Fsp3) is 0.550. The Balaban J connectivity index is 0.000000105. The van der Waals surface area contributed by atoms with Crippen LogP contribution in [0.2, 0.25) is 0 Å². The minimum atomic E-state index is -3.55. The Hall–Kier alpha value is -9.51. The predicted octanol–water partition coefficient (Wildman–Crippen LogP) is 16.4. The maximum absolute atomic E-state index is 13.5. The number of aliphatic hydroxyl groups is 1. The summed E-state index contributed by atoms with van der Waals surface area (Å²) in [6.07, 6.45) is -4.16. The summed E-state index contributed by atoms with van der Waals surface area (Å²) in [6, 6.07) is 73.5. The van der Waals surface area contributed by atoms with Gasteiger partial charge in [-0.05, 0) is 210 Å². The molecule has 22 aliphatic rings. The fourth-order valence-corrected chi connectivity index (χ4v) is 32.7. The highest BCUT2D eigenvalue weighted by Crippen LogP contribution is 2.70. The molecule has 147 heavy (non-hydrogen) atoms. The molecule has 21 atom stereocenters. The Morgan fingerprint density at radius 1 is 0.347 bits per heavy atom. The average Bonchev–Trinajstić information content (AvgIpc) is 1.56. The van der Waals surface area contributed by atoms with E-state index in [0.29, 0.717) is 89.5 Å². The number of alkyl halides is 6. The molecule has 7 aromatic rings. The summed E-state index contributed by atoms with van der Waals surface area (Å²) >= 11 is 0. The highest BCUT2D eigenvalue weighted by atomic mass is 32.2. The number of benzene rings is 7. The third-order valence-electron chi connectivity index (χ3n) is 32.1. The highest BCUT2D eigenvalue weighted by Gasteiger charge is 2.78. The zero-order valence-electron chi connectivity index (χ0n) is 82.5. The Kier molecular flexibility index (Phi) is 28.1.